The Morgan fingerprint density at radius 2 is 2.06 bits per heavy atom. The van der Waals surface area contributed by atoms with Crippen molar-refractivity contribution in [1.82, 2.24) is 14.8 Å². The maximum atomic E-state index is 11.1. The van der Waals surface area contributed by atoms with E-state index in [1.807, 2.05) is 0 Å². The number of rotatable bonds is 4. The van der Waals surface area contributed by atoms with Crippen molar-refractivity contribution in [1.29, 1.82) is 0 Å². The Hall–Kier alpha value is -1.68. The lowest BCUT2D eigenvalue weighted by Crippen LogP contribution is -2.00. The highest BCUT2D eigenvalue weighted by atomic mass is 35.5. The second kappa shape index (κ2) is 5.31. The van der Waals surface area contributed by atoms with Gasteiger partial charge in [-0.3, -0.25) is 9.78 Å². The molecule has 0 saturated carbocycles. The molecule has 18 heavy (non-hydrogen) atoms. The van der Waals surface area contributed by atoms with Crippen LogP contribution < -0.4 is 0 Å². The highest BCUT2D eigenvalue weighted by Crippen LogP contribution is 2.23. The highest BCUT2D eigenvalue weighted by Gasteiger charge is 2.17. The molecule has 0 atom stereocenters. The number of carbonyl (C=O) groups is 1. The van der Waals surface area contributed by atoms with E-state index in [9.17, 15) is 4.79 Å². The lowest BCUT2D eigenvalue weighted by Gasteiger charge is -2.02. The summed E-state index contributed by atoms with van der Waals surface area (Å²) in [5.74, 6) is 0.417. The van der Waals surface area contributed by atoms with E-state index in [0.717, 1.165) is 24.1 Å². The summed E-state index contributed by atoms with van der Waals surface area (Å²) >= 11 is 6.20. The van der Waals surface area contributed by atoms with Crippen LogP contribution in [0.15, 0.2) is 24.5 Å². The van der Waals surface area contributed by atoms with Gasteiger partial charge in [0, 0.05) is 12.4 Å². The molecule has 0 fully saturated rings. The van der Waals surface area contributed by atoms with Crippen molar-refractivity contribution in [3.05, 3.63) is 40.9 Å². The summed E-state index contributed by atoms with van der Waals surface area (Å²) < 4.78 is 1.57. The van der Waals surface area contributed by atoms with E-state index in [-0.39, 0.29) is 0 Å². The minimum atomic E-state index is 0.354. The van der Waals surface area contributed by atoms with Crippen LogP contribution in [-0.2, 0) is 6.42 Å². The maximum absolute atomic E-state index is 11.1. The maximum Gasteiger partial charge on any atom is 0.155 e. The molecule has 2 rings (SSSR count). The molecule has 2 aromatic rings. The first-order chi connectivity index (χ1) is 8.63. The fourth-order valence-electron chi connectivity index (χ4n) is 1.76. The minimum Gasteiger partial charge on any atom is -0.298 e. The van der Waals surface area contributed by atoms with Gasteiger partial charge in [-0.15, -0.1) is 0 Å². The molecule has 5 heteroatoms. The Labute approximate surface area is 111 Å². The highest BCUT2D eigenvalue weighted by molar-refractivity contribution is 6.32. The second-order valence-corrected chi connectivity index (χ2v) is 4.84. The molecule has 0 aromatic carbocycles. The minimum absolute atomic E-state index is 0.354. The van der Waals surface area contributed by atoms with Crippen LogP contribution in [0.2, 0.25) is 5.15 Å². The van der Waals surface area contributed by atoms with Crippen LogP contribution in [-0.4, -0.2) is 21.1 Å². The molecule has 2 heterocycles. The predicted octanol–water partition coefficient (Wildman–Crippen LogP) is 2.93. The first kappa shape index (κ1) is 12.8. The summed E-state index contributed by atoms with van der Waals surface area (Å²) in [6.45, 7) is 4.15. The monoisotopic (exact) mass is 263 g/mol. The van der Waals surface area contributed by atoms with Gasteiger partial charge in [-0.1, -0.05) is 25.4 Å². The molecule has 2 aromatic heterocycles. The fourth-order valence-corrected chi connectivity index (χ4v) is 2.05. The van der Waals surface area contributed by atoms with E-state index < -0.39 is 0 Å². The number of hydrogen-bond donors (Lipinski definition) is 0. The molecule has 0 spiro atoms. The lowest BCUT2D eigenvalue weighted by molar-refractivity contribution is 0.112. The predicted molar refractivity (Wildman–Crippen MR) is 70.3 cm³/mol. The average Bonchev–Trinajstić information content (AvgIpc) is 2.66. The van der Waals surface area contributed by atoms with Gasteiger partial charge in [-0.2, -0.15) is 5.10 Å². The third-order valence-corrected chi connectivity index (χ3v) is 2.93. The van der Waals surface area contributed by atoms with Crippen molar-refractivity contribution in [2.75, 3.05) is 0 Å². The fraction of sp³-hybridized carbons (Fsp3) is 0.308. The van der Waals surface area contributed by atoms with Crippen LogP contribution in [0.3, 0.4) is 0 Å². The smallest absolute Gasteiger partial charge is 0.155 e. The number of aromatic nitrogens is 3. The van der Waals surface area contributed by atoms with Gasteiger partial charge < -0.3 is 0 Å². The quantitative estimate of drug-likeness (QED) is 0.797. The Kier molecular flexibility index (Phi) is 3.77. The summed E-state index contributed by atoms with van der Waals surface area (Å²) in [5.41, 5.74) is 2.01. The third-order valence-electron chi connectivity index (χ3n) is 2.57. The SMILES string of the molecule is CC(C)Cc1nn(-c2ccncc2)c(Cl)c1C=O. The summed E-state index contributed by atoms with van der Waals surface area (Å²) in [6, 6.07) is 3.60. The summed E-state index contributed by atoms with van der Waals surface area (Å²) in [4.78, 5) is 15.1. The number of halogens is 1. The van der Waals surface area contributed by atoms with E-state index in [2.05, 4.69) is 23.9 Å². The topological polar surface area (TPSA) is 47.8 Å². The van der Waals surface area contributed by atoms with Gasteiger partial charge >= 0.3 is 0 Å². The Morgan fingerprint density at radius 3 is 2.61 bits per heavy atom. The zero-order valence-electron chi connectivity index (χ0n) is 10.3. The van der Waals surface area contributed by atoms with Gasteiger partial charge in [0.1, 0.15) is 5.15 Å². The van der Waals surface area contributed by atoms with Crippen molar-refractivity contribution >= 4 is 17.9 Å². The van der Waals surface area contributed by atoms with Crippen LogP contribution >= 0.6 is 11.6 Å². The van der Waals surface area contributed by atoms with Crippen molar-refractivity contribution < 1.29 is 4.79 Å². The Morgan fingerprint density at radius 1 is 1.39 bits per heavy atom. The first-order valence-electron chi connectivity index (χ1n) is 5.76. The second-order valence-electron chi connectivity index (χ2n) is 4.48. The van der Waals surface area contributed by atoms with Crippen molar-refractivity contribution in [2.24, 2.45) is 5.92 Å². The molecule has 0 radical (unpaired) electrons. The Bertz CT molecular complexity index is 549. The van der Waals surface area contributed by atoms with Crippen molar-refractivity contribution in [3.8, 4) is 5.69 Å². The molecule has 0 aliphatic carbocycles. The molecule has 0 unspecified atom stereocenters. The molecule has 0 saturated heterocycles. The number of nitrogens with zero attached hydrogens (tertiary/aromatic N) is 3. The Balaban J connectivity index is 2.50. The van der Waals surface area contributed by atoms with Crippen LogP contribution in [0.4, 0.5) is 0 Å². The summed E-state index contributed by atoms with van der Waals surface area (Å²) in [7, 11) is 0. The summed E-state index contributed by atoms with van der Waals surface area (Å²) in [6.07, 6.45) is 4.82. The first-order valence-corrected chi connectivity index (χ1v) is 6.14. The number of pyridine rings is 1. The molecule has 0 N–H and O–H groups in total. The zero-order valence-corrected chi connectivity index (χ0v) is 11.1. The van der Waals surface area contributed by atoms with Crippen LogP contribution in [0, 0.1) is 5.92 Å². The molecular formula is C13H14ClN3O. The normalized spacial score (nSPS) is 10.9. The molecule has 4 nitrogen and oxygen atoms in total. The third kappa shape index (κ3) is 2.43. The molecule has 0 aliphatic rings. The standard InChI is InChI=1S/C13H14ClN3O/c1-9(2)7-12-11(8-18)13(14)17(16-12)10-3-5-15-6-4-10/h3-6,8-9H,7H2,1-2H3. The molecule has 0 bridgehead atoms. The number of hydrogen-bond acceptors (Lipinski definition) is 3. The molecule has 0 amide bonds. The van der Waals surface area contributed by atoms with Crippen LogP contribution in [0.5, 0.6) is 0 Å². The summed E-state index contributed by atoms with van der Waals surface area (Å²) in [5, 5.41) is 4.77. The lowest BCUT2D eigenvalue weighted by atomic mass is 10.1. The average molecular weight is 264 g/mol. The van der Waals surface area contributed by atoms with Gasteiger partial charge in [0.05, 0.1) is 16.9 Å². The molecule has 0 aliphatic heterocycles. The van der Waals surface area contributed by atoms with Gasteiger partial charge in [-0.25, -0.2) is 4.68 Å². The van der Waals surface area contributed by atoms with E-state index in [1.54, 1.807) is 29.2 Å². The van der Waals surface area contributed by atoms with Crippen LogP contribution in [0.1, 0.15) is 29.9 Å². The van der Waals surface area contributed by atoms with Crippen LogP contribution in [0.25, 0.3) is 5.69 Å². The van der Waals surface area contributed by atoms with E-state index in [4.69, 9.17) is 11.6 Å². The van der Waals surface area contributed by atoms with E-state index in [0.29, 0.717) is 16.6 Å². The molecular weight excluding hydrogens is 250 g/mol. The van der Waals surface area contributed by atoms with E-state index >= 15 is 0 Å². The zero-order chi connectivity index (χ0) is 13.1. The van der Waals surface area contributed by atoms with Gasteiger partial charge in [-0.05, 0) is 24.5 Å². The van der Waals surface area contributed by atoms with E-state index in [1.165, 1.54) is 0 Å². The number of aldehydes is 1. The molecule has 94 valence electrons. The van der Waals surface area contributed by atoms with Crippen molar-refractivity contribution in [3.63, 3.8) is 0 Å². The van der Waals surface area contributed by atoms with Gasteiger partial charge in [0.15, 0.2) is 6.29 Å². The van der Waals surface area contributed by atoms with Gasteiger partial charge in [0.25, 0.3) is 0 Å². The number of carbonyl (C=O) groups excluding carboxylic acids is 1. The largest absolute Gasteiger partial charge is 0.298 e. The van der Waals surface area contributed by atoms with Crippen molar-refractivity contribution in [2.45, 2.75) is 20.3 Å². The van der Waals surface area contributed by atoms with Gasteiger partial charge in [0.2, 0.25) is 0 Å².